The molecule has 2 aromatic rings. The maximum atomic E-state index is 14.0. The second kappa shape index (κ2) is 7.04. The molecule has 1 aromatic heterocycles. The van der Waals surface area contributed by atoms with Crippen LogP contribution in [0.2, 0.25) is 0 Å². The van der Waals surface area contributed by atoms with E-state index in [1.165, 1.54) is 6.07 Å². The van der Waals surface area contributed by atoms with Gasteiger partial charge in [0.25, 0.3) is 0 Å². The Kier molecular flexibility index (Phi) is 5.36. The maximum absolute atomic E-state index is 14.0. The molecule has 6 heteroatoms. The second-order valence-electron chi connectivity index (χ2n) is 4.59. The first-order valence-corrected chi connectivity index (χ1v) is 7.31. The Balaban J connectivity index is 2.48. The average molecular weight is 359 g/mol. The van der Waals surface area contributed by atoms with E-state index in [-0.39, 0.29) is 5.56 Å². The van der Waals surface area contributed by atoms with Crippen molar-refractivity contribution in [1.82, 2.24) is 10.3 Å². The summed E-state index contributed by atoms with van der Waals surface area (Å²) in [6.45, 7) is 2.57. The lowest BCUT2D eigenvalue weighted by atomic mass is 9.99. The van der Waals surface area contributed by atoms with Gasteiger partial charge in [-0.05, 0) is 46.6 Å². The Hall–Kier alpha value is -1.40. The van der Waals surface area contributed by atoms with Crippen LogP contribution >= 0.6 is 15.9 Å². The fraction of sp³-hybridized carbons (Fsp3) is 0.267. The third kappa shape index (κ3) is 3.63. The third-order valence-corrected chi connectivity index (χ3v) is 3.47. The van der Waals surface area contributed by atoms with Crippen LogP contribution in [-0.2, 0) is 0 Å². The average Bonchev–Trinajstić information content (AvgIpc) is 2.47. The highest BCUT2D eigenvalue weighted by Crippen LogP contribution is 2.28. The van der Waals surface area contributed by atoms with Crippen molar-refractivity contribution >= 4 is 15.9 Å². The molecule has 21 heavy (non-hydrogen) atoms. The van der Waals surface area contributed by atoms with Gasteiger partial charge >= 0.3 is 0 Å². The fourth-order valence-corrected chi connectivity index (χ4v) is 2.43. The van der Waals surface area contributed by atoms with Gasteiger partial charge in [0.2, 0.25) is 0 Å². The van der Waals surface area contributed by atoms with Gasteiger partial charge in [0, 0.05) is 22.4 Å². The summed E-state index contributed by atoms with van der Waals surface area (Å²) < 4.78 is 41.3. The SMILES string of the molecule is CCCNC(c1cncc(Br)c1)c1ccc(F)c(F)c1F. The van der Waals surface area contributed by atoms with E-state index >= 15 is 0 Å². The summed E-state index contributed by atoms with van der Waals surface area (Å²) in [4.78, 5) is 4.03. The van der Waals surface area contributed by atoms with E-state index in [0.29, 0.717) is 12.1 Å². The number of aromatic nitrogens is 1. The Morgan fingerprint density at radius 2 is 1.95 bits per heavy atom. The van der Waals surface area contributed by atoms with Gasteiger partial charge in [-0.3, -0.25) is 4.98 Å². The minimum Gasteiger partial charge on any atom is -0.306 e. The summed E-state index contributed by atoms with van der Waals surface area (Å²) in [5.74, 6) is -3.83. The number of hydrogen-bond acceptors (Lipinski definition) is 2. The van der Waals surface area contributed by atoms with E-state index in [2.05, 4.69) is 26.2 Å². The molecule has 0 radical (unpaired) electrons. The van der Waals surface area contributed by atoms with Gasteiger partial charge in [-0.2, -0.15) is 0 Å². The van der Waals surface area contributed by atoms with Crippen LogP contribution in [0, 0.1) is 17.5 Å². The third-order valence-electron chi connectivity index (χ3n) is 3.03. The normalized spacial score (nSPS) is 12.4. The summed E-state index contributed by atoms with van der Waals surface area (Å²) in [5.41, 5.74) is 0.727. The van der Waals surface area contributed by atoms with Gasteiger partial charge in [-0.15, -0.1) is 0 Å². The number of pyridine rings is 1. The van der Waals surface area contributed by atoms with Gasteiger partial charge in [-0.1, -0.05) is 13.0 Å². The second-order valence-corrected chi connectivity index (χ2v) is 5.50. The van der Waals surface area contributed by atoms with Crippen molar-refractivity contribution in [3.63, 3.8) is 0 Å². The molecule has 1 aromatic carbocycles. The molecule has 0 fully saturated rings. The van der Waals surface area contributed by atoms with Gasteiger partial charge in [0.1, 0.15) is 0 Å². The highest BCUT2D eigenvalue weighted by Gasteiger charge is 2.22. The van der Waals surface area contributed by atoms with Crippen molar-refractivity contribution in [3.8, 4) is 0 Å². The number of benzene rings is 1. The molecule has 0 aliphatic rings. The number of rotatable bonds is 5. The number of nitrogens with one attached hydrogen (secondary N) is 1. The monoisotopic (exact) mass is 358 g/mol. The van der Waals surface area contributed by atoms with E-state index in [1.54, 1.807) is 18.5 Å². The van der Waals surface area contributed by atoms with Crippen LogP contribution in [0.4, 0.5) is 13.2 Å². The lowest BCUT2D eigenvalue weighted by molar-refractivity contribution is 0.432. The van der Waals surface area contributed by atoms with Crippen molar-refractivity contribution in [1.29, 1.82) is 0 Å². The quantitative estimate of drug-likeness (QED) is 0.803. The van der Waals surface area contributed by atoms with Crippen LogP contribution in [0.5, 0.6) is 0 Å². The fourth-order valence-electron chi connectivity index (χ4n) is 2.05. The lowest BCUT2D eigenvalue weighted by Crippen LogP contribution is -2.24. The predicted molar refractivity (Wildman–Crippen MR) is 78.4 cm³/mol. The highest BCUT2D eigenvalue weighted by atomic mass is 79.9. The first kappa shape index (κ1) is 16.0. The van der Waals surface area contributed by atoms with Crippen LogP contribution in [0.25, 0.3) is 0 Å². The molecule has 0 saturated heterocycles. The van der Waals surface area contributed by atoms with Gasteiger partial charge in [-0.25, -0.2) is 13.2 Å². The van der Waals surface area contributed by atoms with E-state index < -0.39 is 23.5 Å². The Labute approximate surface area is 129 Å². The summed E-state index contributed by atoms with van der Waals surface area (Å²) in [7, 11) is 0. The molecule has 2 nitrogen and oxygen atoms in total. The van der Waals surface area contributed by atoms with Crippen molar-refractivity contribution in [2.45, 2.75) is 19.4 Å². The largest absolute Gasteiger partial charge is 0.306 e. The van der Waals surface area contributed by atoms with E-state index in [9.17, 15) is 13.2 Å². The summed E-state index contributed by atoms with van der Waals surface area (Å²) in [5, 5.41) is 3.13. The van der Waals surface area contributed by atoms with Crippen LogP contribution in [0.15, 0.2) is 35.1 Å². The van der Waals surface area contributed by atoms with Crippen LogP contribution in [0.1, 0.15) is 30.5 Å². The standard InChI is InChI=1S/C15H14BrF3N2/c1-2-5-21-15(9-6-10(16)8-20-7-9)11-3-4-12(17)14(19)13(11)18/h3-4,6-8,15,21H,2,5H2,1H3. The molecule has 0 aliphatic heterocycles. The molecule has 1 unspecified atom stereocenters. The van der Waals surface area contributed by atoms with E-state index in [1.807, 2.05) is 6.92 Å². The first-order valence-electron chi connectivity index (χ1n) is 6.51. The van der Waals surface area contributed by atoms with Crippen molar-refractivity contribution in [2.75, 3.05) is 6.54 Å². The van der Waals surface area contributed by atoms with Gasteiger partial charge in [0.05, 0.1) is 6.04 Å². The molecular formula is C15H14BrF3N2. The van der Waals surface area contributed by atoms with Crippen LogP contribution in [-0.4, -0.2) is 11.5 Å². The number of hydrogen-bond donors (Lipinski definition) is 1. The first-order chi connectivity index (χ1) is 10.0. The molecule has 1 heterocycles. The summed E-state index contributed by atoms with van der Waals surface area (Å²) >= 11 is 3.30. The number of halogens is 4. The van der Waals surface area contributed by atoms with E-state index in [0.717, 1.165) is 17.0 Å². The zero-order valence-electron chi connectivity index (χ0n) is 11.3. The highest BCUT2D eigenvalue weighted by molar-refractivity contribution is 9.10. The summed E-state index contributed by atoms with van der Waals surface area (Å²) in [6.07, 6.45) is 3.99. The molecular weight excluding hydrogens is 345 g/mol. The Morgan fingerprint density at radius 3 is 2.62 bits per heavy atom. The van der Waals surface area contributed by atoms with Crippen molar-refractivity contribution in [3.05, 3.63) is 63.6 Å². The zero-order chi connectivity index (χ0) is 15.4. The van der Waals surface area contributed by atoms with Gasteiger partial charge in [0.15, 0.2) is 17.5 Å². The van der Waals surface area contributed by atoms with E-state index in [4.69, 9.17) is 0 Å². The number of nitrogens with zero attached hydrogens (tertiary/aromatic N) is 1. The molecule has 1 atom stereocenters. The van der Waals surface area contributed by atoms with Crippen LogP contribution < -0.4 is 5.32 Å². The zero-order valence-corrected chi connectivity index (χ0v) is 12.9. The topological polar surface area (TPSA) is 24.9 Å². The predicted octanol–water partition coefficient (Wildman–Crippen LogP) is 4.35. The van der Waals surface area contributed by atoms with Crippen molar-refractivity contribution < 1.29 is 13.2 Å². The minimum atomic E-state index is -1.46. The Bertz CT molecular complexity index is 634. The molecule has 0 bridgehead atoms. The lowest BCUT2D eigenvalue weighted by Gasteiger charge is -2.20. The van der Waals surface area contributed by atoms with Gasteiger partial charge < -0.3 is 5.32 Å². The van der Waals surface area contributed by atoms with Crippen LogP contribution in [0.3, 0.4) is 0 Å². The van der Waals surface area contributed by atoms with Crippen molar-refractivity contribution in [2.24, 2.45) is 0 Å². The Morgan fingerprint density at radius 1 is 1.19 bits per heavy atom. The minimum absolute atomic E-state index is 0.0576. The molecule has 2 rings (SSSR count). The molecule has 0 aliphatic carbocycles. The maximum Gasteiger partial charge on any atom is 0.194 e. The smallest absolute Gasteiger partial charge is 0.194 e. The molecule has 1 N–H and O–H groups in total. The molecule has 0 amide bonds. The molecule has 112 valence electrons. The summed E-state index contributed by atoms with van der Waals surface area (Å²) in [6, 6.07) is 3.35. The molecule has 0 spiro atoms. The molecule has 0 saturated carbocycles.